The highest BCUT2D eigenvalue weighted by Crippen LogP contribution is 2.25. The third kappa shape index (κ3) is 4.20. The summed E-state index contributed by atoms with van der Waals surface area (Å²) in [6.07, 6.45) is 1.07. The first-order valence-electron chi connectivity index (χ1n) is 8.90. The van der Waals surface area contributed by atoms with Crippen LogP contribution in [-0.2, 0) is 4.79 Å². The second-order valence-electron chi connectivity index (χ2n) is 6.52. The van der Waals surface area contributed by atoms with Crippen LogP contribution in [0.15, 0.2) is 48.5 Å². The van der Waals surface area contributed by atoms with E-state index in [4.69, 9.17) is 4.74 Å². The van der Waals surface area contributed by atoms with Gasteiger partial charge in [0.2, 0.25) is 5.91 Å². The summed E-state index contributed by atoms with van der Waals surface area (Å²) in [4.78, 5) is 16.6. The maximum Gasteiger partial charge on any atom is 0.224 e. The summed E-state index contributed by atoms with van der Waals surface area (Å²) < 4.78 is 5.89. The first-order valence-corrected chi connectivity index (χ1v) is 8.90. The molecule has 0 fully saturated rings. The van der Waals surface area contributed by atoms with Gasteiger partial charge in [-0.2, -0.15) is 0 Å². The fourth-order valence-corrected chi connectivity index (χ4v) is 3.15. The number of aromatic nitrogens is 1. The molecular formula is C22H24N2O2. The van der Waals surface area contributed by atoms with E-state index in [1.54, 1.807) is 0 Å². The molecule has 1 aromatic heterocycles. The van der Waals surface area contributed by atoms with Crippen molar-refractivity contribution in [2.24, 2.45) is 0 Å². The lowest BCUT2D eigenvalue weighted by molar-refractivity contribution is -0.116. The van der Waals surface area contributed by atoms with Gasteiger partial charge < -0.3 is 10.1 Å². The van der Waals surface area contributed by atoms with Crippen LogP contribution >= 0.6 is 0 Å². The molecule has 0 spiro atoms. The molecule has 0 saturated heterocycles. The number of aryl methyl sites for hydroxylation is 3. The molecule has 0 aliphatic heterocycles. The topological polar surface area (TPSA) is 51.2 Å². The fourth-order valence-electron chi connectivity index (χ4n) is 3.15. The number of benzene rings is 2. The monoisotopic (exact) mass is 348 g/mol. The first-order chi connectivity index (χ1) is 12.5. The van der Waals surface area contributed by atoms with E-state index in [9.17, 15) is 4.79 Å². The molecule has 0 bridgehead atoms. The Morgan fingerprint density at radius 2 is 1.85 bits per heavy atom. The van der Waals surface area contributed by atoms with Crippen LogP contribution < -0.4 is 10.1 Å². The lowest BCUT2D eigenvalue weighted by Gasteiger charge is -2.12. The van der Waals surface area contributed by atoms with Gasteiger partial charge in [-0.1, -0.05) is 36.4 Å². The van der Waals surface area contributed by atoms with Crippen molar-refractivity contribution in [3.63, 3.8) is 0 Å². The molecule has 1 N–H and O–H groups in total. The summed E-state index contributed by atoms with van der Waals surface area (Å²) >= 11 is 0. The van der Waals surface area contributed by atoms with E-state index in [1.165, 1.54) is 0 Å². The minimum absolute atomic E-state index is 0.0108. The van der Waals surface area contributed by atoms with E-state index >= 15 is 0 Å². The Morgan fingerprint density at radius 1 is 1.08 bits per heavy atom. The summed E-state index contributed by atoms with van der Waals surface area (Å²) in [5, 5.41) is 5.22. The van der Waals surface area contributed by atoms with Gasteiger partial charge >= 0.3 is 0 Å². The molecular weight excluding hydrogens is 324 g/mol. The molecule has 0 saturated carbocycles. The Morgan fingerprint density at radius 3 is 2.65 bits per heavy atom. The number of pyridine rings is 1. The van der Waals surface area contributed by atoms with Crippen LogP contribution in [-0.4, -0.2) is 17.5 Å². The highest BCUT2D eigenvalue weighted by molar-refractivity contribution is 5.92. The average molecular weight is 348 g/mol. The van der Waals surface area contributed by atoms with Crippen LogP contribution in [0.3, 0.4) is 0 Å². The van der Waals surface area contributed by atoms with Crippen LogP contribution in [0.25, 0.3) is 10.8 Å². The number of carbonyl (C=O) groups is 1. The zero-order valence-electron chi connectivity index (χ0n) is 15.5. The Bertz CT molecular complexity index is 906. The number of rotatable bonds is 6. The number of hydrogen-bond donors (Lipinski definition) is 1. The Hall–Kier alpha value is -2.88. The van der Waals surface area contributed by atoms with Crippen molar-refractivity contribution in [2.75, 3.05) is 11.9 Å². The molecule has 2 aromatic carbocycles. The van der Waals surface area contributed by atoms with Gasteiger partial charge in [-0.15, -0.1) is 0 Å². The number of hydrogen-bond acceptors (Lipinski definition) is 3. The van der Waals surface area contributed by atoms with E-state index in [-0.39, 0.29) is 5.91 Å². The van der Waals surface area contributed by atoms with E-state index in [0.29, 0.717) is 19.4 Å². The number of anilines is 1. The van der Waals surface area contributed by atoms with Gasteiger partial charge in [0.25, 0.3) is 0 Å². The molecule has 0 radical (unpaired) electrons. The van der Waals surface area contributed by atoms with Gasteiger partial charge in [0.05, 0.1) is 18.0 Å². The number of nitrogens with one attached hydrogen (secondary N) is 1. The Labute approximate surface area is 154 Å². The third-order valence-electron chi connectivity index (χ3n) is 4.35. The molecule has 0 unspecified atom stereocenters. The second kappa shape index (κ2) is 8.00. The van der Waals surface area contributed by atoms with Gasteiger partial charge in [-0.25, -0.2) is 0 Å². The molecule has 3 aromatic rings. The molecule has 0 atom stereocenters. The SMILES string of the molecule is Cc1cc(C)c(NC(=O)CCCOc2cccc3ccccc23)c(C)n1. The molecule has 0 aliphatic carbocycles. The van der Waals surface area contributed by atoms with Crippen LogP contribution in [0.5, 0.6) is 5.75 Å². The number of fused-ring (bicyclic) bond motifs is 1. The molecule has 0 aliphatic rings. The fraction of sp³-hybridized carbons (Fsp3) is 0.273. The van der Waals surface area contributed by atoms with Crippen molar-refractivity contribution < 1.29 is 9.53 Å². The number of carbonyl (C=O) groups excluding carboxylic acids is 1. The van der Waals surface area contributed by atoms with E-state index in [0.717, 1.165) is 39.2 Å². The van der Waals surface area contributed by atoms with Crippen molar-refractivity contribution in [2.45, 2.75) is 33.6 Å². The minimum atomic E-state index is -0.0108. The normalized spacial score (nSPS) is 10.7. The Balaban J connectivity index is 1.53. The molecule has 134 valence electrons. The smallest absolute Gasteiger partial charge is 0.224 e. The van der Waals surface area contributed by atoms with Crippen LogP contribution in [0.2, 0.25) is 0 Å². The van der Waals surface area contributed by atoms with Crippen molar-refractivity contribution in [1.29, 1.82) is 0 Å². The number of ether oxygens (including phenoxy) is 1. The third-order valence-corrected chi connectivity index (χ3v) is 4.35. The quantitative estimate of drug-likeness (QED) is 0.641. The molecule has 4 heteroatoms. The standard InChI is InChI=1S/C22H24N2O2/c1-15-14-16(2)23-17(3)22(15)24-21(25)12-7-13-26-20-11-6-9-18-8-4-5-10-19(18)20/h4-6,8-11,14H,7,12-13H2,1-3H3,(H,24,25). The summed E-state index contributed by atoms with van der Waals surface area (Å²) in [5.41, 5.74) is 3.66. The zero-order valence-corrected chi connectivity index (χ0v) is 15.5. The lowest BCUT2D eigenvalue weighted by Crippen LogP contribution is -2.15. The predicted octanol–water partition coefficient (Wildman–Crippen LogP) is 4.96. The van der Waals surface area contributed by atoms with E-state index < -0.39 is 0 Å². The van der Waals surface area contributed by atoms with E-state index in [2.05, 4.69) is 22.4 Å². The van der Waals surface area contributed by atoms with Gasteiger partial charge in [-0.3, -0.25) is 9.78 Å². The molecule has 1 heterocycles. The van der Waals surface area contributed by atoms with Gasteiger partial charge in [0.1, 0.15) is 5.75 Å². The maximum atomic E-state index is 12.2. The average Bonchev–Trinajstić information content (AvgIpc) is 2.62. The maximum absolute atomic E-state index is 12.2. The summed E-state index contributed by atoms with van der Waals surface area (Å²) in [5.74, 6) is 0.848. The van der Waals surface area contributed by atoms with Crippen LogP contribution in [0, 0.1) is 20.8 Å². The molecule has 26 heavy (non-hydrogen) atoms. The predicted molar refractivity (Wildman–Crippen MR) is 106 cm³/mol. The summed E-state index contributed by atoms with van der Waals surface area (Å²) in [6, 6.07) is 16.1. The van der Waals surface area contributed by atoms with Gasteiger partial charge in [-0.05, 0) is 50.3 Å². The van der Waals surface area contributed by atoms with Gasteiger partial charge in [0, 0.05) is 17.5 Å². The molecule has 1 amide bonds. The Kier molecular flexibility index (Phi) is 5.52. The highest BCUT2D eigenvalue weighted by atomic mass is 16.5. The lowest BCUT2D eigenvalue weighted by atomic mass is 10.1. The van der Waals surface area contributed by atoms with Crippen molar-refractivity contribution in [3.8, 4) is 5.75 Å². The summed E-state index contributed by atoms with van der Waals surface area (Å²) in [6.45, 7) is 6.36. The van der Waals surface area contributed by atoms with Crippen molar-refractivity contribution in [3.05, 3.63) is 65.5 Å². The number of amides is 1. The van der Waals surface area contributed by atoms with Crippen molar-refractivity contribution in [1.82, 2.24) is 4.98 Å². The molecule has 3 rings (SSSR count). The first kappa shape index (κ1) is 17.9. The van der Waals surface area contributed by atoms with E-state index in [1.807, 2.05) is 57.2 Å². The summed E-state index contributed by atoms with van der Waals surface area (Å²) in [7, 11) is 0. The highest BCUT2D eigenvalue weighted by Gasteiger charge is 2.09. The second-order valence-corrected chi connectivity index (χ2v) is 6.52. The molecule has 4 nitrogen and oxygen atoms in total. The minimum Gasteiger partial charge on any atom is -0.493 e. The van der Waals surface area contributed by atoms with Gasteiger partial charge in [0.15, 0.2) is 0 Å². The number of nitrogens with zero attached hydrogens (tertiary/aromatic N) is 1. The van der Waals surface area contributed by atoms with Crippen LogP contribution in [0.1, 0.15) is 29.8 Å². The van der Waals surface area contributed by atoms with Crippen LogP contribution in [0.4, 0.5) is 5.69 Å². The largest absolute Gasteiger partial charge is 0.493 e. The zero-order chi connectivity index (χ0) is 18.5. The van der Waals surface area contributed by atoms with Crippen molar-refractivity contribution >= 4 is 22.4 Å².